The van der Waals surface area contributed by atoms with Crippen LogP contribution < -0.4 is 5.32 Å². The summed E-state index contributed by atoms with van der Waals surface area (Å²) in [6, 6.07) is 3.18. The van der Waals surface area contributed by atoms with Gasteiger partial charge in [0.25, 0.3) is 0 Å². The van der Waals surface area contributed by atoms with Crippen molar-refractivity contribution in [3.05, 3.63) is 47.8 Å². The fraction of sp³-hybridized carbons (Fsp3) is 0.500. The number of nitrogens with zero attached hydrogens (tertiary/aromatic N) is 1. The summed E-state index contributed by atoms with van der Waals surface area (Å²) in [6.07, 6.45) is -1.55. The molecule has 1 fully saturated rings. The Bertz CT molecular complexity index is 507. The van der Waals surface area contributed by atoms with Crippen molar-refractivity contribution in [2.45, 2.75) is 25.1 Å². The highest BCUT2D eigenvalue weighted by Gasteiger charge is 2.35. The molecule has 0 spiro atoms. The van der Waals surface area contributed by atoms with Gasteiger partial charge in [0.1, 0.15) is 5.82 Å². The Kier molecular flexibility index (Phi) is 5.58. The smallest absolute Gasteiger partial charge is 0.314 e. The summed E-state index contributed by atoms with van der Waals surface area (Å²) >= 11 is 0. The molecule has 1 N–H and O–H groups in total. The Morgan fingerprint density at radius 3 is 2.55 bits per heavy atom. The van der Waals surface area contributed by atoms with Crippen molar-refractivity contribution in [1.29, 1.82) is 0 Å². The van der Waals surface area contributed by atoms with Crippen LogP contribution in [0, 0.1) is 5.82 Å². The minimum Gasteiger partial charge on any atom is -0.314 e. The fourth-order valence-electron chi connectivity index (χ4n) is 2.80. The number of nitrogens with one attached hydrogen (secondary N) is 1. The van der Waals surface area contributed by atoms with Gasteiger partial charge < -0.3 is 5.32 Å². The van der Waals surface area contributed by atoms with Crippen LogP contribution in [0.4, 0.5) is 17.6 Å². The number of benzene rings is 1. The summed E-state index contributed by atoms with van der Waals surface area (Å²) < 4.78 is 52.2. The first-order valence-corrected chi connectivity index (χ1v) is 7.36. The third-order valence-corrected chi connectivity index (χ3v) is 3.92. The molecule has 0 bridgehead atoms. The van der Waals surface area contributed by atoms with Crippen LogP contribution in [0.5, 0.6) is 0 Å². The van der Waals surface area contributed by atoms with Crippen LogP contribution in [0.2, 0.25) is 0 Å². The molecule has 1 aliphatic rings. The van der Waals surface area contributed by atoms with Gasteiger partial charge in [-0.3, -0.25) is 4.90 Å². The maximum atomic E-state index is 13.5. The molecule has 0 aliphatic carbocycles. The van der Waals surface area contributed by atoms with Crippen molar-refractivity contribution in [2.24, 2.45) is 0 Å². The van der Waals surface area contributed by atoms with E-state index in [1.165, 1.54) is 6.07 Å². The van der Waals surface area contributed by atoms with E-state index in [2.05, 4.69) is 16.8 Å². The summed E-state index contributed by atoms with van der Waals surface area (Å²) in [6.45, 7) is 6.81. The fourth-order valence-corrected chi connectivity index (χ4v) is 2.80. The van der Waals surface area contributed by atoms with Crippen LogP contribution in [0.1, 0.15) is 30.0 Å². The minimum absolute atomic E-state index is 0.151. The minimum atomic E-state index is -4.67. The Morgan fingerprint density at radius 1 is 1.27 bits per heavy atom. The first kappa shape index (κ1) is 17.0. The van der Waals surface area contributed by atoms with Crippen LogP contribution >= 0.6 is 0 Å². The van der Waals surface area contributed by atoms with Crippen molar-refractivity contribution in [3.63, 3.8) is 0 Å². The molecule has 1 saturated heterocycles. The molecule has 1 heterocycles. The molecular formula is C16H20F4N2. The second kappa shape index (κ2) is 7.24. The van der Waals surface area contributed by atoms with Gasteiger partial charge in [-0.25, -0.2) is 4.39 Å². The third kappa shape index (κ3) is 4.08. The van der Waals surface area contributed by atoms with E-state index in [-0.39, 0.29) is 6.04 Å². The van der Waals surface area contributed by atoms with E-state index < -0.39 is 17.6 Å². The maximum Gasteiger partial charge on any atom is 0.419 e. The molecule has 0 amide bonds. The van der Waals surface area contributed by atoms with E-state index in [0.29, 0.717) is 18.4 Å². The second-order valence-electron chi connectivity index (χ2n) is 5.40. The van der Waals surface area contributed by atoms with Gasteiger partial charge in [-0.1, -0.05) is 12.1 Å². The molecule has 22 heavy (non-hydrogen) atoms. The topological polar surface area (TPSA) is 15.3 Å². The van der Waals surface area contributed by atoms with Crippen LogP contribution in [-0.4, -0.2) is 31.1 Å². The Hall–Kier alpha value is -1.40. The lowest BCUT2D eigenvalue weighted by atomic mass is 9.97. The first-order valence-electron chi connectivity index (χ1n) is 7.36. The van der Waals surface area contributed by atoms with E-state index in [9.17, 15) is 17.6 Å². The van der Waals surface area contributed by atoms with Crippen LogP contribution in [0.3, 0.4) is 0 Å². The molecule has 2 rings (SSSR count). The quantitative estimate of drug-likeness (QED) is 0.657. The third-order valence-electron chi connectivity index (χ3n) is 3.92. The highest BCUT2D eigenvalue weighted by molar-refractivity contribution is 5.29. The maximum absolute atomic E-state index is 13.5. The predicted octanol–water partition coefficient (Wildman–Crippen LogP) is 3.76. The highest BCUT2D eigenvalue weighted by Crippen LogP contribution is 2.35. The van der Waals surface area contributed by atoms with E-state index >= 15 is 0 Å². The summed E-state index contributed by atoms with van der Waals surface area (Å²) in [5.74, 6) is -1.22. The van der Waals surface area contributed by atoms with Gasteiger partial charge in [0.05, 0.1) is 5.56 Å². The van der Waals surface area contributed by atoms with Crippen molar-refractivity contribution in [2.75, 3.05) is 26.2 Å². The Labute approximate surface area is 127 Å². The average Bonchev–Trinajstić information content (AvgIpc) is 2.49. The summed E-state index contributed by atoms with van der Waals surface area (Å²) in [7, 11) is 0. The lowest BCUT2D eigenvalue weighted by molar-refractivity contribution is -0.140. The van der Waals surface area contributed by atoms with Crippen molar-refractivity contribution in [1.82, 2.24) is 10.2 Å². The zero-order valence-electron chi connectivity index (χ0n) is 12.3. The molecular weight excluding hydrogens is 296 g/mol. The lowest BCUT2D eigenvalue weighted by Gasteiger charge is -2.35. The summed E-state index contributed by atoms with van der Waals surface area (Å²) in [4.78, 5) is 2.15. The molecule has 0 radical (unpaired) electrons. The molecule has 2 nitrogen and oxygen atoms in total. The van der Waals surface area contributed by atoms with Gasteiger partial charge in [-0.2, -0.15) is 13.2 Å². The van der Waals surface area contributed by atoms with Gasteiger partial charge in [0.15, 0.2) is 0 Å². The number of allylic oxidation sites excluding steroid dienone is 1. The average molecular weight is 316 g/mol. The van der Waals surface area contributed by atoms with E-state index in [4.69, 9.17) is 0 Å². The van der Waals surface area contributed by atoms with Gasteiger partial charge >= 0.3 is 6.18 Å². The van der Waals surface area contributed by atoms with E-state index in [0.717, 1.165) is 38.3 Å². The molecule has 6 heteroatoms. The summed E-state index contributed by atoms with van der Waals surface area (Å²) in [5.41, 5.74) is -0.679. The monoisotopic (exact) mass is 316 g/mol. The lowest BCUT2D eigenvalue weighted by Crippen LogP contribution is -2.45. The summed E-state index contributed by atoms with van der Waals surface area (Å²) in [5, 5.41) is 3.22. The van der Waals surface area contributed by atoms with Gasteiger partial charge in [0, 0.05) is 32.2 Å². The molecule has 1 aliphatic heterocycles. The standard InChI is InChI=1S/C16H20F4N2/c1-2-3-4-15(22-9-7-21-8-10-22)12-5-6-14(17)13(11-12)16(18,19)20/h2,5-6,11,15,21H,1,3-4,7-10H2/t15-/m1/s1. The number of hydrogen-bond acceptors (Lipinski definition) is 2. The van der Waals surface area contributed by atoms with Crippen LogP contribution in [0.25, 0.3) is 0 Å². The number of halogens is 4. The molecule has 0 unspecified atom stereocenters. The second-order valence-corrected chi connectivity index (χ2v) is 5.40. The SMILES string of the molecule is C=CCC[C@H](c1ccc(F)c(C(F)(F)F)c1)N1CCNCC1. The molecule has 0 saturated carbocycles. The zero-order valence-corrected chi connectivity index (χ0v) is 12.3. The first-order chi connectivity index (χ1) is 10.4. The zero-order chi connectivity index (χ0) is 16.2. The molecule has 1 atom stereocenters. The van der Waals surface area contributed by atoms with Crippen molar-refractivity contribution < 1.29 is 17.6 Å². The van der Waals surface area contributed by atoms with Gasteiger partial charge in [0.2, 0.25) is 0 Å². The van der Waals surface area contributed by atoms with Gasteiger partial charge in [-0.15, -0.1) is 6.58 Å². The number of piperazine rings is 1. The predicted molar refractivity (Wildman–Crippen MR) is 78.0 cm³/mol. The number of alkyl halides is 3. The van der Waals surface area contributed by atoms with Crippen LogP contribution in [0.15, 0.2) is 30.9 Å². The van der Waals surface area contributed by atoms with Crippen LogP contribution in [-0.2, 0) is 6.18 Å². The van der Waals surface area contributed by atoms with Crippen molar-refractivity contribution >= 4 is 0 Å². The number of hydrogen-bond donors (Lipinski definition) is 1. The molecule has 122 valence electrons. The van der Waals surface area contributed by atoms with E-state index in [1.807, 2.05) is 0 Å². The van der Waals surface area contributed by atoms with Gasteiger partial charge in [-0.05, 0) is 30.5 Å². The Balaban J connectivity index is 2.31. The Morgan fingerprint density at radius 2 is 1.95 bits per heavy atom. The highest BCUT2D eigenvalue weighted by atomic mass is 19.4. The normalized spacial score (nSPS) is 18.2. The van der Waals surface area contributed by atoms with E-state index in [1.54, 1.807) is 6.08 Å². The molecule has 1 aromatic carbocycles. The molecule has 0 aromatic heterocycles. The largest absolute Gasteiger partial charge is 0.419 e. The molecule has 1 aromatic rings. The van der Waals surface area contributed by atoms with Crippen molar-refractivity contribution in [3.8, 4) is 0 Å². The number of rotatable bonds is 5.